The minimum Gasteiger partial charge on any atom is -0.494 e. The van der Waals surface area contributed by atoms with E-state index >= 15 is 0 Å². The molecule has 0 amide bonds. The first-order chi connectivity index (χ1) is 10.8. The van der Waals surface area contributed by atoms with Crippen molar-refractivity contribution in [2.75, 3.05) is 11.9 Å². The van der Waals surface area contributed by atoms with Crippen LogP contribution in [-0.2, 0) is 0 Å². The van der Waals surface area contributed by atoms with Gasteiger partial charge in [-0.2, -0.15) is 0 Å². The number of aryl methyl sites for hydroxylation is 1. The van der Waals surface area contributed by atoms with Crippen molar-refractivity contribution in [2.45, 2.75) is 26.7 Å². The summed E-state index contributed by atoms with van der Waals surface area (Å²) in [4.78, 5) is 11.8. The van der Waals surface area contributed by atoms with Gasteiger partial charge in [-0.25, -0.2) is 9.97 Å². The van der Waals surface area contributed by atoms with E-state index in [-0.39, 0.29) is 0 Å². The predicted molar refractivity (Wildman–Crippen MR) is 88.8 cm³/mol. The zero-order valence-corrected chi connectivity index (χ0v) is 12.9. The molecule has 3 rings (SSSR count). The van der Waals surface area contributed by atoms with Crippen molar-refractivity contribution in [3.8, 4) is 5.75 Å². The number of ether oxygens (including phenoxy) is 1. The van der Waals surface area contributed by atoms with Crippen molar-refractivity contribution >= 4 is 22.5 Å². The number of fused-ring (bicyclic) bond motifs is 1. The van der Waals surface area contributed by atoms with Crippen molar-refractivity contribution in [3.63, 3.8) is 0 Å². The van der Waals surface area contributed by atoms with Gasteiger partial charge in [-0.15, -0.1) is 0 Å². The van der Waals surface area contributed by atoms with Gasteiger partial charge in [0.05, 0.1) is 12.0 Å². The van der Waals surface area contributed by atoms with Gasteiger partial charge in [0.15, 0.2) is 0 Å². The molecule has 0 bridgehead atoms. The van der Waals surface area contributed by atoms with E-state index in [1.54, 1.807) is 6.33 Å². The van der Waals surface area contributed by atoms with Gasteiger partial charge >= 0.3 is 0 Å². The van der Waals surface area contributed by atoms with E-state index in [0.29, 0.717) is 0 Å². The van der Waals surface area contributed by atoms with Gasteiger partial charge in [-0.1, -0.05) is 13.3 Å². The van der Waals surface area contributed by atoms with Gasteiger partial charge in [0.25, 0.3) is 0 Å². The number of rotatable bonds is 6. The molecule has 0 saturated carbocycles. The molecule has 0 saturated heterocycles. The van der Waals surface area contributed by atoms with Crippen LogP contribution < -0.4 is 10.1 Å². The highest BCUT2D eigenvalue weighted by molar-refractivity contribution is 5.89. The van der Waals surface area contributed by atoms with Crippen molar-refractivity contribution in [1.29, 1.82) is 0 Å². The molecule has 0 spiro atoms. The zero-order valence-electron chi connectivity index (χ0n) is 12.9. The average molecular weight is 296 g/mol. The van der Waals surface area contributed by atoms with E-state index in [4.69, 9.17) is 4.74 Å². The fourth-order valence-electron chi connectivity index (χ4n) is 2.28. The molecule has 0 radical (unpaired) electrons. The van der Waals surface area contributed by atoms with Gasteiger partial charge in [-0.3, -0.25) is 0 Å². The topological polar surface area (TPSA) is 62.8 Å². The summed E-state index contributed by atoms with van der Waals surface area (Å²) in [5.74, 6) is 1.69. The standard InChI is InChI=1S/C17H20N4O/c1-3-4-9-22-14-7-5-13(6-8-14)21-17-15-10-12(2)20-16(15)18-11-19-17/h5-8,10-11H,3-4,9H2,1-2H3,(H2,18,19,20,21). The van der Waals surface area contributed by atoms with Crippen LogP contribution in [0.1, 0.15) is 25.5 Å². The number of hydrogen-bond donors (Lipinski definition) is 2. The monoisotopic (exact) mass is 296 g/mol. The number of hydrogen-bond acceptors (Lipinski definition) is 4. The molecular weight excluding hydrogens is 276 g/mol. The van der Waals surface area contributed by atoms with Crippen LogP contribution in [0.5, 0.6) is 5.75 Å². The molecule has 5 heteroatoms. The molecule has 2 heterocycles. The number of benzene rings is 1. The van der Waals surface area contributed by atoms with E-state index in [9.17, 15) is 0 Å². The molecule has 0 aliphatic carbocycles. The van der Waals surface area contributed by atoms with Crippen molar-refractivity contribution in [2.24, 2.45) is 0 Å². The SMILES string of the molecule is CCCCOc1ccc(Nc2ncnc3[nH]c(C)cc23)cc1. The number of H-pyrrole nitrogens is 1. The van der Waals surface area contributed by atoms with Crippen LogP contribution in [0.25, 0.3) is 11.0 Å². The van der Waals surface area contributed by atoms with Crippen molar-refractivity contribution in [1.82, 2.24) is 15.0 Å². The summed E-state index contributed by atoms with van der Waals surface area (Å²) in [7, 11) is 0. The summed E-state index contributed by atoms with van der Waals surface area (Å²) in [5.41, 5.74) is 2.88. The van der Waals surface area contributed by atoms with E-state index in [2.05, 4.69) is 27.2 Å². The largest absolute Gasteiger partial charge is 0.494 e. The molecular formula is C17H20N4O. The van der Waals surface area contributed by atoms with Crippen molar-refractivity contribution < 1.29 is 4.74 Å². The first-order valence-electron chi connectivity index (χ1n) is 7.56. The summed E-state index contributed by atoms with van der Waals surface area (Å²) in [6.45, 7) is 4.92. The van der Waals surface area contributed by atoms with Crippen LogP contribution >= 0.6 is 0 Å². The first kappa shape index (κ1) is 14.4. The van der Waals surface area contributed by atoms with Crippen LogP contribution in [0.15, 0.2) is 36.7 Å². The zero-order chi connectivity index (χ0) is 15.4. The predicted octanol–water partition coefficient (Wildman–Crippen LogP) is 4.19. The summed E-state index contributed by atoms with van der Waals surface area (Å²) in [5, 5.41) is 4.32. The van der Waals surface area contributed by atoms with E-state index in [1.165, 1.54) is 0 Å². The Morgan fingerprint density at radius 2 is 2.00 bits per heavy atom. The second-order valence-electron chi connectivity index (χ2n) is 5.29. The Hall–Kier alpha value is -2.56. The van der Waals surface area contributed by atoms with Crippen LogP contribution in [0, 0.1) is 6.92 Å². The Kier molecular flexibility index (Phi) is 4.23. The van der Waals surface area contributed by atoms with Gasteiger partial charge < -0.3 is 15.0 Å². The molecule has 0 fully saturated rings. The number of nitrogens with zero attached hydrogens (tertiary/aromatic N) is 2. The van der Waals surface area contributed by atoms with E-state index in [1.807, 2.05) is 37.3 Å². The van der Waals surface area contributed by atoms with Crippen LogP contribution in [-0.4, -0.2) is 21.6 Å². The molecule has 2 aromatic heterocycles. The highest BCUT2D eigenvalue weighted by Crippen LogP contribution is 2.24. The normalized spacial score (nSPS) is 10.8. The minimum absolute atomic E-state index is 0.762. The Morgan fingerprint density at radius 1 is 1.18 bits per heavy atom. The second kappa shape index (κ2) is 6.47. The highest BCUT2D eigenvalue weighted by Gasteiger charge is 2.06. The maximum atomic E-state index is 5.67. The smallest absolute Gasteiger partial charge is 0.143 e. The maximum absolute atomic E-state index is 5.67. The molecule has 0 unspecified atom stereocenters. The quantitative estimate of drug-likeness (QED) is 0.669. The molecule has 0 aliphatic heterocycles. The molecule has 5 nitrogen and oxygen atoms in total. The number of nitrogens with one attached hydrogen (secondary N) is 2. The third-order valence-corrected chi connectivity index (χ3v) is 3.44. The van der Waals surface area contributed by atoms with Gasteiger partial charge in [0.2, 0.25) is 0 Å². The Labute approximate surface area is 129 Å². The van der Waals surface area contributed by atoms with Crippen molar-refractivity contribution in [3.05, 3.63) is 42.4 Å². The van der Waals surface area contributed by atoms with Gasteiger partial charge in [-0.05, 0) is 43.7 Å². The lowest BCUT2D eigenvalue weighted by atomic mass is 10.3. The van der Waals surface area contributed by atoms with E-state index < -0.39 is 0 Å². The number of anilines is 2. The Morgan fingerprint density at radius 3 is 2.77 bits per heavy atom. The third-order valence-electron chi connectivity index (χ3n) is 3.44. The molecule has 1 aromatic carbocycles. The number of unbranched alkanes of at least 4 members (excludes halogenated alkanes) is 1. The fourth-order valence-corrected chi connectivity index (χ4v) is 2.28. The molecule has 3 aromatic rings. The first-order valence-corrected chi connectivity index (χ1v) is 7.56. The summed E-state index contributed by atoms with van der Waals surface area (Å²) in [6, 6.07) is 9.97. The molecule has 2 N–H and O–H groups in total. The lowest BCUT2D eigenvalue weighted by molar-refractivity contribution is 0.309. The number of aromatic nitrogens is 3. The fraction of sp³-hybridized carbons (Fsp3) is 0.294. The third kappa shape index (κ3) is 3.19. The lowest BCUT2D eigenvalue weighted by Gasteiger charge is -2.08. The van der Waals surface area contributed by atoms with Crippen LogP contribution in [0.2, 0.25) is 0 Å². The van der Waals surface area contributed by atoms with Crippen LogP contribution in [0.4, 0.5) is 11.5 Å². The summed E-state index contributed by atoms with van der Waals surface area (Å²) >= 11 is 0. The Balaban J connectivity index is 1.74. The molecule has 0 atom stereocenters. The maximum Gasteiger partial charge on any atom is 0.143 e. The van der Waals surface area contributed by atoms with Gasteiger partial charge in [0, 0.05) is 11.4 Å². The molecule has 114 valence electrons. The minimum atomic E-state index is 0.762. The van der Waals surface area contributed by atoms with Crippen LogP contribution in [0.3, 0.4) is 0 Å². The summed E-state index contributed by atoms with van der Waals surface area (Å²) in [6.07, 6.45) is 3.77. The van der Waals surface area contributed by atoms with E-state index in [0.717, 1.165) is 53.4 Å². The lowest BCUT2D eigenvalue weighted by Crippen LogP contribution is -1.97. The molecule has 0 aliphatic rings. The Bertz CT molecular complexity index is 749. The summed E-state index contributed by atoms with van der Waals surface area (Å²) < 4.78 is 5.67. The molecule has 22 heavy (non-hydrogen) atoms. The average Bonchev–Trinajstić information content (AvgIpc) is 2.91. The second-order valence-corrected chi connectivity index (χ2v) is 5.29. The van der Waals surface area contributed by atoms with Gasteiger partial charge in [0.1, 0.15) is 23.5 Å². The number of aromatic amines is 1. The highest BCUT2D eigenvalue weighted by atomic mass is 16.5.